The zero-order chi connectivity index (χ0) is 16.5. The van der Waals surface area contributed by atoms with Crippen molar-refractivity contribution in [3.63, 3.8) is 0 Å². The summed E-state index contributed by atoms with van der Waals surface area (Å²) in [4.78, 5) is 0. The van der Waals surface area contributed by atoms with Gasteiger partial charge in [-0.3, -0.25) is 0 Å². The Labute approximate surface area is 136 Å². The third-order valence-corrected chi connectivity index (χ3v) is 2.99. The lowest BCUT2D eigenvalue weighted by Crippen LogP contribution is -2.03. The van der Waals surface area contributed by atoms with E-state index in [9.17, 15) is 8.78 Å². The number of halogens is 3. The summed E-state index contributed by atoms with van der Waals surface area (Å²) in [5.74, 6) is 1.11. The van der Waals surface area contributed by atoms with Crippen molar-refractivity contribution in [1.82, 2.24) is 0 Å². The first-order valence-electron chi connectivity index (χ1n) is 6.18. The Morgan fingerprint density at radius 3 is 2.27 bits per heavy atom. The fourth-order valence-corrected chi connectivity index (χ4v) is 1.82. The summed E-state index contributed by atoms with van der Waals surface area (Å²) >= 11 is 3.08. The first kappa shape index (κ1) is 18.2. The van der Waals surface area contributed by atoms with Gasteiger partial charge >= 0.3 is 6.61 Å². The molecule has 2 aromatic rings. The Bertz CT molecular complexity index is 591. The predicted molar refractivity (Wildman–Crippen MR) is 82.7 cm³/mol. The van der Waals surface area contributed by atoms with E-state index in [1.54, 1.807) is 7.11 Å². The smallest absolute Gasteiger partial charge is 0.387 e. The molecule has 118 valence electrons. The van der Waals surface area contributed by atoms with Gasteiger partial charge < -0.3 is 14.2 Å². The molecule has 0 aliphatic heterocycles. The van der Waals surface area contributed by atoms with Crippen molar-refractivity contribution in [1.29, 1.82) is 0 Å². The average molecular weight is 373 g/mol. The van der Waals surface area contributed by atoms with Gasteiger partial charge in [0.15, 0.2) is 11.5 Å². The molecule has 2 radical (unpaired) electrons. The van der Waals surface area contributed by atoms with Crippen molar-refractivity contribution in [2.75, 3.05) is 14.2 Å². The van der Waals surface area contributed by atoms with Crippen molar-refractivity contribution < 1.29 is 23.0 Å². The van der Waals surface area contributed by atoms with Crippen LogP contribution in [0.3, 0.4) is 0 Å². The second-order valence-electron chi connectivity index (χ2n) is 3.99. The highest BCUT2D eigenvalue weighted by Gasteiger charge is 2.10. The fraction of sp³-hybridized carbons (Fsp3) is 0.250. The minimum atomic E-state index is -2.86. The highest BCUT2D eigenvalue weighted by atomic mass is 79.9. The molecule has 0 saturated carbocycles. The number of alkyl halides is 2. The Morgan fingerprint density at radius 2 is 1.77 bits per heavy atom. The molecule has 0 heterocycles. The number of hydrogen-bond acceptors (Lipinski definition) is 3. The molecule has 0 fully saturated rings. The maximum absolute atomic E-state index is 11.9. The minimum absolute atomic E-state index is 0.0110. The van der Waals surface area contributed by atoms with Gasteiger partial charge in [-0.25, -0.2) is 0 Å². The standard InChI is InChI=1S/C8H6BrF2O2.C8H9O/c1-12-6-3-2-5(9)4-7(6)13-8(10)11;1-7-5-3-4-6-8(7)9-2/h3-4,8H,1H3;3,5-6H,1-2H3. The van der Waals surface area contributed by atoms with Crippen LogP contribution in [0.5, 0.6) is 17.2 Å². The van der Waals surface area contributed by atoms with Gasteiger partial charge in [0.25, 0.3) is 0 Å². The van der Waals surface area contributed by atoms with Crippen molar-refractivity contribution >= 4 is 15.9 Å². The first-order chi connectivity index (χ1) is 10.5. The van der Waals surface area contributed by atoms with Gasteiger partial charge in [-0.15, -0.1) is 0 Å². The molecular formula is C16H15BrF2O3. The summed E-state index contributed by atoms with van der Waals surface area (Å²) in [5.41, 5.74) is 1.15. The topological polar surface area (TPSA) is 27.7 Å². The summed E-state index contributed by atoms with van der Waals surface area (Å²) in [6.07, 6.45) is 0. The predicted octanol–water partition coefficient (Wildman–Crippen LogP) is 4.66. The lowest BCUT2D eigenvalue weighted by atomic mass is 10.2. The zero-order valence-corrected chi connectivity index (χ0v) is 13.9. The fourth-order valence-electron chi connectivity index (χ4n) is 1.49. The SMILES string of the molecule is COc1c[c]c(Br)cc1OC(F)F.COc1c[c]ccc1C. The summed E-state index contributed by atoms with van der Waals surface area (Å²) in [6, 6.07) is 14.1. The Morgan fingerprint density at radius 1 is 1.09 bits per heavy atom. The molecule has 0 atom stereocenters. The summed E-state index contributed by atoms with van der Waals surface area (Å²) in [5, 5.41) is 0. The molecule has 3 nitrogen and oxygen atoms in total. The minimum Gasteiger partial charge on any atom is -0.496 e. The zero-order valence-electron chi connectivity index (χ0n) is 12.3. The van der Waals surface area contributed by atoms with E-state index in [-0.39, 0.29) is 11.5 Å². The molecule has 0 N–H and O–H groups in total. The Hall–Kier alpha value is -1.82. The molecule has 0 aliphatic rings. The second-order valence-corrected chi connectivity index (χ2v) is 4.84. The molecule has 0 saturated heterocycles. The van der Waals surface area contributed by atoms with Crippen LogP contribution < -0.4 is 14.2 Å². The van der Waals surface area contributed by atoms with Crippen molar-refractivity contribution in [2.45, 2.75) is 13.5 Å². The third-order valence-electron chi connectivity index (χ3n) is 2.53. The van der Waals surface area contributed by atoms with Gasteiger partial charge in [0.05, 0.1) is 14.2 Å². The molecular weight excluding hydrogens is 358 g/mol. The maximum atomic E-state index is 11.9. The van der Waals surface area contributed by atoms with Gasteiger partial charge in [0.2, 0.25) is 0 Å². The van der Waals surface area contributed by atoms with Crippen LogP contribution in [0.4, 0.5) is 8.78 Å². The van der Waals surface area contributed by atoms with E-state index >= 15 is 0 Å². The number of methoxy groups -OCH3 is 2. The lowest BCUT2D eigenvalue weighted by molar-refractivity contribution is -0.0512. The molecule has 0 aromatic heterocycles. The molecule has 22 heavy (non-hydrogen) atoms. The number of aryl methyl sites for hydroxylation is 1. The van der Waals surface area contributed by atoms with Crippen LogP contribution in [0.1, 0.15) is 5.56 Å². The molecule has 0 unspecified atom stereocenters. The van der Waals surface area contributed by atoms with Gasteiger partial charge in [-0.2, -0.15) is 8.78 Å². The van der Waals surface area contributed by atoms with E-state index in [1.807, 2.05) is 25.1 Å². The molecule has 0 bridgehead atoms. The number of benzene rings is 2. The Kier molecular flexibility index (Phi) is 7.66. The molecule has 2 rings (SSSR count). The van der Waals surface area contributed by atoms with Crippen LogP contribution >= 0.6 is 15.9 Å². The largest absolute Gasteiger partial charge is 0.496 e. The van der Waals surface area contributed by atoms with Gasteiger partial charge in [-0.05, 0) is 36.8 Å². The summed E-state index contributed by atoms with van der Waals surface area (Å²) in [7, 11) is 3.03. The summed E-state index contributed by atoms with van der Waals surface area (Å²) < 4.78 is 38.3. The van der Waals surface area contributed by atoms with Gasteiger partial charge in [0.1, 0.15) is 5.75 Å². The van der Waals surface area contributed by atoms with E-state index < -0.39 is 6.61 Å². The van der Waals surface area contributed by atoms with Gasteiger partial charge in [-0.1, -0.05) is 28.1 Å². The monoisotopic (exact) mass is 372 g/mol. The van der Waals surface area contributed by atoms with Crippen molar-refractivity contribution in [2.24, 2.45) is 0 Å². The second kappa shape index (κ2) is 9.25. The molecule has 0 amide bonds. The van der Waals surface area contributed by atoms with E-state index in [0.717, 1.165) is 11.3 Å². The highest BCUT2D eigenvalue weighted by Crippen LogP contribution is 2.30. The maximum Gasteiger partial charge on any atom is 0.387 e. The van der Waals surface area contributed by atoms with Crippen LogP contribution in [-0.4, -0.2) is 20.8 Å². The quantitative estimate of drug-likeness (QED) is 0.780. The normalized spacial score (nSPS) is 9.77. The molecule has 0 spiro atoms. The van der Waals surface area contributed by atoms with Crippen LogP contribution in [0.25, 0.3) is 0 Å². The van der Waals surface area contributed by atoms with Crippen molar-refractivity contribution in [3.05, 3.63) is 52.5 Å². The summed E-state index contributed by atoms with van der Waals surface area (Å²) in [6.45, 7) is -0.852. The van der Waals surface area contributed by atoms with Crippen LogP contribution in [0.15, 0.2) is 34.8 Å². The van der Waals surface area contributed by atoms with E-state index in [1.165, 1.54) is 19.2 Å². The lowest BCUT2D eigenvalue weighted by Gasteiger charge is -2.09. The number of ether oxygens (including phenoxy) is 3. The van der Waals surface area contributed by atoms with E-state index in [4.69, 9.17) is 9.47 Å². The third kappa shape index (κ3) is 5.89. The first-order valence-corrected chi connectivity index (χ1v) is 6.98. The van der Waals surface area contributed by atoms with Gasteiger partial charge in [0, 0.05) is 10.5 Å². The van der Waals surface area contributed by atoms with Crippen molar-refractivity contribution in [3.8, 4) is 17.2 Å². The highest BCUT2D eigenvalue weighted by molar-refractivity contribution is 9.10. The van der Waals surface area contributed by atoms with Crippen LogP contribution in [0.2, 0.25) is 0 Å². The number of hydrogen-bond donors (Lipinski definition) is 0. The Balaban J connectivity index is 0.000000235. The average Bonchev–Trinajstić information content (AvgIpc) is 2.48. The molecule has 0 aliphatic carbocycles. The van der Waals surface area contributed by atoms with E-state index in [2.05, 4.69) is 32.8 Å². The van der Waals surface area contributed by atoms with Crippen LogP contribution in [-0.2, 0) is 0 Å². The van der Waals surface area contributed by atoms with Crippen LogP contribution in [0, 0.1) is 19.1 Å². The number of rotatable bonds is 4. The van der Waals surface area contributed by atoms with E-state index in [0.29, 0.717) is 4.47 Å². The molecule has 2 aromatic carbocycles. The molecule has 6 heteroatoms.